The molecule has 2 rings (SSSR count). The molecule has 0 aliphatic carbocycles. The van der Waals surface area contributed by atoms with Gasteiger partial charge in [0, 0.05) is 11.6 Å². The third kappa shape index (κ3) is 2.99. The molecule has 0 heterocycles. The molecule has 0 unspecified atom stereocenters. The first-order valence-electron chi connectivity index (χ1n) is 4.84. The van der Waals surface area contributed by atoms with Crippen molar-refractivity contribution in [1.29, 1.82) is 0 Å². The van der Waals surface area contributed by atoms with Crippen LogP contribution in [0.5, 0.6) is 0 Å². The number of benzene rings is 2. The zero-order valence-electron chi connectivity index (χ0n) is 8.69. The van der Waals surface area contributed by atoms with Crippen LogP contribution in [0.2, 0.25) is 5.02 Å². The lowest BCUT2D eigenvalue weighted by Crippen LogP contribution is -1.95. The zero-order chi connectivity index (χ0) is 10.7. The van der Waals surface area contributed by atoms with E-state index in [9.17, 15) is 0 Å². The molecule has 0 saturated heterocycles. The summed E-state index contributed by atoms with van der Waals surface area (Å²) < 4.78 is 0. The summed E-state index contributed by atoms with van der Waals surface area (Å²) in [4.78, 5) is 0. The minimum Gasteiger partial charge on any atom is -0.326 e. The van der Waals surface area contributed by atoms with Gasteiger partial charge in [0.2, 0.25) is 0 Å². The molecular weight excluding hydrogens is 241 g/mol. The van der Waals surface area contributed by atoms with Gasteiger partial charge in [-0.3, -0.25) is 0 Å². The Morgan fingerprint density at radius 2 is 1.62 bits per heavy atom. The lowest BCUT2D eigenvalue weighted by Gasteiger charge is -2.03. The van der Waals surface area contributed by atoms with Crippen molar-refractivity contribution < 1.29 is 0 Å². The molecule has 1 nitrogen and oxygen atoms in total. The predicted molar refractivity (Wildman–Crippen MR) is 72.0 cm³/mol. The van der Waals surface area contributed by atoms with Crippen molar-refractivity contribution in [2.75, 3.05) is 0 Å². The van der Waals surface area contributed by atoms with E-state index in [-0.39, 0.29) is 12.4 Å². The lowest BCUT2D eigenvalue weighted by atomic mass is 10.0. The van der Waals surface area contributed by atoms with E-state index in [2.05, 4.69) is 12.1 Å². The fourth-order valence-electron chi connectivity index (χ4n) is 1.50. The summed E-state index contributed by atoms with van der Waals surface area (Å²) in [5.41, 5.74) is 8.97. The molecule has 16 heavy (non-hydrogen) atoms. The molecule has 0 bridgehead atoms. The van der Waals surface area contributed by atoms with Gasteiger partial charge in [-0.1, -0.05) is 48.0 Å². The maximum Gasteiger partial charge on any atom is 0.0412 e. The van der Waals surface area contributed by atoms with E-state index in [0.29, 0.717) is 6.54 Å². The van der Waals surface area contributed by atoms with Crippen LogP contribution in [-0.2, 0) is 6.54 Å². The lowest BCUT2D eigenvalue weighted by molar-refractivity contribution is 1.07. The van der Waals surface area contributed by atoms with Crippen molar-refractivity contribution in [3.63, 3.8) is 0 Å². The second kappa shape index (κ2) is 5.90. The van der Waals surface area contributed by atoms with Crippen LogP contribution in [0, 0.1) is 0 Å². The van der Waals surface area contributed by atoms with Crippen molar-refractivity contribution in [2.24, 2.45) is 5.73 Å². The highest BCUT2D eigenvalue weighted by Gasteiger charge is 1.97. The number of hydrogen-bond acceptors (Lipinski definition) is 1. The Bertz CT molecular complexity index is 452. The van der Waals surface area contributed by atoms with E-state index in [1.807, 2.05) is 36.4 Å². The van der Waals surface area contributed by atoms with E-state index in [0.717, 1.165) is 21.7 Å². The molecule has 2 N–H and O–H groups in total. The first-order valence-corrected chi connectivity index (χ1v) is 5.22. The van der Waals surface area contributed by atoms with Gasteiger partial charge in [0.25, 0.3) is 0 Å². The zero-order valence-corrected chi connectivity index (χ0v) is 10.3. The Morgan fingerprint density at radius 1 is 0.938 bits per heavy atom. The van der Waals surface area contributed by atoms with Crippen LogP contribution in [0.4, 0.5) is 0 Å². The van der Waals surface area contributed by atoms with Gasteiger partial charge >= 0.3 is 0 Å². The molecule has 2 aromatic rings. The van der Waals surface area contributed by atoms with Gasteiger partial charge in [-0.2, -0.15) is 0 Å². The summed E-state index contributed by atoms with van der Waals surface area (Å²) in [5, 5.41) is 0.760. The second-order valence-corrected chi connectivity index (χ2v) is 3.85. The first-order chi connectivity index (χ1) is 7.29. The summed E-state index contributed by atoms with van der Waals surface area (Å²) in [6, 6.07) is 16.0. The number of nitrogens with two attached hydrogens (primary N) is 1. The van der Waals surface area contributed by atoms with Crippen LogP contribution in [0.15, 0.2) is 48.5 Å². The third-order valence-electron chi connectivity index (χ3n) is 2.35. The topological polar surface area (TPSA) is 26.0 Å². The molecule has 0 radical (unpaired) electrons. The summed E-state index contributed by atoms with van der Waals surface area (Å²) >= 11 is 5.93. The summed E-state index contributed by atoms with van der Waals surface area (Å²) in [6.07, 6.45) is 0. The number of halogens is 2. The first kappa shape index (κ1) is 13.0. The smallest absolute Gasteiger partial charge is 0.0412 e. The normalized spacial score (nSPS) is 9.62. The Kier molecular flexibility index (Phi) is 4.81. The quantitative estimate of drug-likeness (QED) is 0.864. The molecule has 0 fully saturated rings. The van der Waals surface area contributed by atoms with E-state index >= 15 is 0 Å². The molecular formula is C13H13Cl2N. The van der Waals surface area contributed by atoms with Crippen molar-refractivity contribution >= 4 is 24.0 Å². The van der Waals surface area contributed by atoms with Gasteiger partial charge in [-0.05, 0) is 28.8 Å². The van der Waals surface area contributed by atoms with E-state index in [1.165, 1.54) is 0 Å². The van der Waals surface area contributed by atoms with Gasteiger partial charge in [0.1, 0.15) is 0 Å². The molecule has 0 spiro atoms. The van der Waals surface area contributed by atoms with Crippen molar-refractivity contribution in [1.82, 2.24) is 0 Å². The van der Waals surface area contributed by atoms with Crippen LogP contribution >= 0.6 is 24.0 Å². The largest absolute Gasteiger partial charge is 0.326 e. The molecule has 0 aliphatic heterocycles. The van der Waals surface area contributed by atoms with Gasteiger partial charge in [0.05, 0.1) is 0 Å². The maximum atomic E-state index is 5.93. The van der Waals surface area contributed by atoms with E-state index < -0.39 is 0 Å². The maximum absolute atomic E-state index is 5.93. The number of rotatable bonds is 2. The van der Waals surface area contributed by atoms with Crippen LogP contribution in [0.1, 0.15) is 5.56 Å². The van der Waals surface area contributed by atoms with Gasteiger partial charge in [-0.15, -0.1) is 12.4 Å². The Labute approximate surface area is 107 Å². The molecule has 84 valence electrons. The standard InChI is InChI=1S/C13H12ClN.ClH/c14-13-3-1-2-12(8-13)11-6-4-10(9-15)5-7-11;/h1-8H,9,15H2;1H. The molecule has 3 heteroatoms. The van der Waals surface area contributed by atoms with Crippen LogP contribution < -0.4 is 5.73 Å². The highest BCUT2D eigenvalue weighted by atomic mass is 35.5. The number of hydrogen-bond donors (Lipinski definition) is 1. The van der Waals surface area contributed by atoms with Crippen LogP contribution in [0.3, 0.4) is 0 Å². The van der Waals surface area contributed by atoms with Crippen LogP contribution in [-0.4, -0.2) is 0 Å². The monoisotopic (exact) mass is 253 g/mol. The average molecular weight is 254 g/mol. The van der Waals surface area contributed by atoms with Gasteiger partial charge in [-0.25, -0.2) is 0 Å². The molecule has 0 aliphatic rings. The molecule has 0 atom stereocenters. The highest BCUT2D eigenvalue weighted by Crippen LogP contribution is 2.22. The Hall–Kier alpha value is -1.02. The third-order valence-corrected chi connectivity index (χ3v) is 2.58. The molecule has 0 amide bonds. The molecule has 2 aromatic carbocycles. The fraction of sp³-hybridized carbons (Fsp3) is 0.0769. The van der Waals surface area contributed by atoms with Gasteiger partial charge < -0.3 is 5.73 Å². The molecule has 0 saturated carbocycles. The van der Waals surface area contributed by atoms with Crippen LogP contribution in [0.25, 0.3) is 11.1 Å². The average Bonchev–Trinajstić information content (AvgIpc) is 2.29. The minimum absolute atomic E-state index is 0. The van der Waals surface area contributed by atoms with Crippen molar-refractivity contribution in [3.05, 3.63) is 59.1 Å². The van der Waals surface area contributed by atoms with Gasteiger partial charge in [0.15, 0.2) is 0 Å². The summed E-state index contributed by atoms with van der Waals surface area (Å²) in [6.45, 7) is 0.579. The highest BCUT2D eigenvalue weighted by molar-refractivity contribution is 6.30. The Morgan fingerprint density at radius 3 is 2.19 bits per heavy atom. The van der Waals surface area contributed by atoms with E-state index in [1.54, 1.807) is 0 Å². The Balaban J connectivity index is 0.00000128. The minimum atomic E-state index is 0. The summed E-state index contributed by atoms with van der Waals surface area (Å²) in [5.74, 6) is 0. The predicted octanol–water partition coefficient (Wildman–Crippen LogP) is 3.89. The van der Waals surface area contributed by atoms with Crippen molar-refractivity contribution in [3.8, 4) is 11.1 Å². The van der Waals surface area contributed by atoms with Crippen molar-refractivity contribution in [2.45, 2.75) is 6.54 Å². The fourth-order valence-corrected chi connectivity index (χ4v) is 1.69. The SMILES string of the molecule is Cl.NCc1ccc(-c2cccc(Cl)c2)cc1. The second-order valence-electron chi connectivity index (χ2n) is 3.41. The van der Waals surface area contributed by atoms with E-state index in [4.69, 9.17) is 17.3 Å². The molecule has 0 aromatic heterocycles. The summed E-state index contributed by atoms with van der Waals surface area (Å²) in [7, 11) is 0.